The Hall–Kier alpha value is -2.86. The first-order valence-electron chi connectivity index (χ1n) is 9.64. The van der Waals surface area contributed by atoms with Crippen LogP contribution in [0.4, 0.5) is 5.69 Å². The molecule has 1 aliphatic heterocycles. The van der Waals surface area contributed by atoms with Crippen LogP contribution in [-0.2, 0) is 6.42 Å². The van der Waals surface area contributed by atoms with E-state index in [4.69, 9.17) is 9.15 Å². The van der Waals surface area contributed by atoms with Crippen LogP contribution in [0.15, 0.2) is 45.6 Å². The monoisotopic (exact) mass is 379 g/mol. The summed E-state index contributed by atoms with van der Waals surface area (Å²) in [7, 11) is 3.76. The van der Waals surface area contributed by atoms with Crippen molar-refractivity contribution in [3.8, 4) is 17.2 Å². The van der Waals surface area contributed by atoms with E-state index in [0.29, 0.717) is 29.0 Å². The van der Waals surface area contributed by atoms with Crippen molar-refractivity contribution in [2.45, 2.75) is 13.3 Å². The molecule has 1 saturated heterocycles. The van der Waals surface area contributed by atoms with Crippen LogP contribution in [0, 0.1) is 0 Å². The lowest BCUT2D eigenvalue weighted by Crippen LogP contribution is -2.44. The van der Waals surface area contributed by atoms with E-state index in [0.717, 1.165) is 43.0 Å². The van der Waals surface area contributed by atoms with Gasteiger partial charge in [0.2, 0.25) is 5.89 Å². The molecule has 1 aromatic heterocycles. The molecule has 146 valence electrons. The Morgan fingerprint density at radius 1 is 1.14 bits per heavy atom. The highest BCUT2D eigenvalue weighted by Crippen LogP contribution is 2.27. The SMILES string of the molecule is CCc1cc(OC)cc2nc(-c3cccc(N4CCN(C)CC4)c3)oc(=O)c12. The Balaban J connectivity index is 1.77. The minimum absolute atomic E-state index is 0.337. The van der Waals surface area contributed by atoms with Gasteiger partial charge in [-0.2, -0.15) is 0 Å². The minimum Gasteiger partial charge on any atom is -0.497 e. The zero-order valence-electron chi connectivity index (χ0n) is 16.6. The van der Waals surface area contributed by atoms with Crippen molar-refractivity contribution in [1.82, 2.24) is 9.88 Å². The smallest absolute Gasteiger partial charge is 0.347 e. The van der Waals surface area contributed by atoms with Gasteiger partial charge in [-0.25, -0.2) is 9.78 Å². The number of benzene rings is 2. The van der Waals surface area contributed by atoms with Gasteiger partial charge < -0.3 is 19.0 Å². The molecule has 2 heterocycles. The third-order valence-electron chi connectivity index (χ3n) is 5.37. The Labute approximate surface area is 164 Å². The fraction of sp³-hybridized carbons (Fsp3) is 0.364. The fourth-order valence-corrected chi connectivity index (χ4v) is 3.67. The third kappa shape index (κ3) is 3.47. The van der Waals surface area contributed by atoms with Crippen molar-refractivity contribution in [2.75, 3.05) is 45.2 Å². The number of methoxy groups -OCH3 is 1. The average Bonchev–Trinajstić information content (AvgIpc) is 2.73. The van der Waals surface area contributed by atoms with Crippen LogP contribution in [0.1, 0.15) is 12.5 Å². The lowest BCUT2D eigenvalue weighted by Gasteiger charge is -2.34. The summed E-state index contributed by atoms with van der Waals surface area (Å²) < 4.78 is 11.0. The first-order valence-corrected chi connectivity index (χ1v) is 9.64. The minimum atomic E-state index is -0.357. The molecule has 0 spiro atoms. The van der Waals surface area contributed by atoms with E-state index in [2.05, 4.69) is 27.9 Å². The molecule has 0 atom stereocenters. The number of anilines is 1. The highest BCUT2D eigenvalue weighted by Gasteiger charge is 2.17. The van der Waals surface area contributed by atoms with Crippen LogP contribution in [0.3, 0.4) is 0 Å². The molecule has 6 nitrogen and oxygen atoms in total. The van der Waals surface area contributed by atoms with Crippen molar-refractivity contribution in [2.24, 2.45) is 0 Å². The summed E-state index contributed by atoms with van der Waals surface area (Å²) in [6, 6.07) is 11.7. The van der Waals surface area contributed by atoms with Gasteiger partial charge in [-0.05, 0) is 43.3 Å². The van der Waals surface area contributed by atoms with E-state index < -0.39 is 0 Å². The zero-order valence-corrected chi connectivity index (χ0v) is 16.6. The average molecular weight is 379 g/mol. The zero-order chi connectivity index (χ0) is 19.7. The summed E-state index contributed by atoms with van der Waals surface area (Å²) in [5.74, 6) is 1.03. The number of hydrogen-bond acceptors (Lipinski definition) is 6. The number of likely N-dealkylation sites (N-methyl/N-ethyl adjacent to an activating group) is 1. The fourth-order valence-electron chi connectivity index (χ4n) is 3.67. The summed E-state index contributed by atoms with van der Waals surface area (Å²) in [6.07, 6.45) is 0.707. The van der Waals surface area contributed by atoms with Gasteiger partial charge in [0, 0.05) is 43.5 Å². The van der Waals surface area contributed by atoms with E-state index in [1.165, 1.54) is 0 Å². The highest BCUT2D eigenvalue weighted by molar-refractivity contribution is 5.84. The largest absolute Gasteiger partial charge is 0.497 e. The normalized spacial score (nSPS) is 15.2. The molecule has 2 aromatic carbocycles. The van der Waals surface area contributed by atoms with Crippen LogP contribution >= 0.6 is 0 Å². The summed E-state index contributed by atoms with van der Waals surface area (Å²) in [5, 5.41) is 0.530. The van der Waals surface area contributed by atoms with Crippen molar-refractivity contribution >= 4 is 16.6 Å². The molecule has 0 aliphatic carbocycles. The maximum atomic E-state index is 12.7. The Morgan fingerprint density at radius 2 is 1.93 bits per heavy atom. The van der Waals surface area contributed by atoms with Crippen LogP contribution < -0.4 is 15.3 Å². The van der Waals surface area contributed by atoms with E-state index in [9.17, 15) is 4.79 Å². The second kappa shape index (κ2) is 7.64. The van der Waals surface area contributed by atoms with Gasteiger partial charge in [0.25, 0.3) is 0 Å². The number of fused-ring (bicyclic) bond motifs is 1. The van der Waals surface area contributed by atoms with Gasteiger partial charge >= 0.3 is 5.63 Å². The lowest BCUT2D eigenvalue weighted by molar-refractivity contribution is 0.313. The van der Waals surface area contributed by atoms with Gasteiger partial charge in [0.05, 0.1) is 18.0 Å². The van der Waals surface area contributed by atoms with Gasteiger partial charge in [-0.15, -0.1) is 0 Å². The quantitative estimate of drug-likeness (QED) is 0.694. The summed E-state index contributed by atoms with van der Waals surface area (Å²) >= 11 is 0. The number of nitrogens with zero attached hydrogens (tertiary/aromatic N) is 3. The van der Waals surface area contributed by atoms with E-state index in [1.807, 2.05) is 31.2 Å². The Kier molecular flexibility index (Phi) is 5.05. The van der Waals surface area contributed by atoms with E-state index in [1.54, 1.807) is 13.2 Å². The molecule has 0 radical (unpaired) electrons. The molecular weight excluding hydrogens is 354 g/mol. The molecule has 28 heavy (non-hydrogen) atoms. The van der Waals surface area contributed by atoms with E-state index >= 15 is 0 Å². The predicted molar refractivity (Wildman–Crippen MR) is 111 cm³/mol. The molecule has 1 fully saturated rings. The van der Waals surface area contributed by atoms with Crippen LogP contribution in [0.2, 0.25) is 0 Å². The molecule has 0 N–H and O–H groups in total. The predicted octanol–water partition coefficient (Wildman–Crippen LogP) is 3.18. The van der Waals surface area contributed by atoms with Gasteiger partial charge in [-0.3, -0.25) is 0 Å². The number of aryl methyl sites for hydroxylation is 1. The second-order valence-electron chi connectivity index (χ2n) is 7.18. The molecule has 0 bridgehead atoms. The summed E-state index contributed by atoms with van der Waals surface area (Å²) in [5.41, 5.74) is 3.05. The van der Waals surface area contributed by atoms with Gasteiger partial charge in [0.1, 0.15) is 5.75 Å². The summed E-state index contributed by atoms with van der Waals surface area (Å²) in [6.45, 7) is 6.03. The Bertz CT molecular complexity index is 1050. The molecule has 0 saturated carbocycles. The van der Waals surface area contributed by atoms with Gasteiger partial charge in [-0.1, -0.05) is 13.0 Å². The number of ether oxygens (including phenoxy) is 1. The van der Waals surface area contributed by atoms with Crippen LogP contribution in [0.5, 0.6) is 5.75 Å². The molecule has 1 aliphatic rings. The third-order valence-corrected chi connectivity index (χ3v) is 5.37. The maximum absolute atomic E-state index is 12.7. The van der Waals surface area contributed by atoms with Crippen molar-refractivity contribution < 1.29 is 9.15 Å². The second-order valence-corrected chi connectivity index (χ2v) is 7.18. The van der Waals surface area contributed by atoms with Crippen molar-refractivity contribution in [3.63, 3.8) is 0 Å². The van der Waals surface area contributed by atoms with Gasteiger partial charge in [0.15, 0.2) is 0 Å². The highest BCUT2D eigenvalue weighted by atomic mass is 16.5. The first-order chi connectivity index (χ1) is 13.6. The van der Waals surface area contributed by atoms with Crippen LogP contribution in [0.25, 0.3) is 22.4 Å². The number of hydrogen-bond donors (Lipinski definition) is 0. The molecule has 4 rings (SSSR count). The maximum Gasteiger partial charge on any atom is 0.347 e. The standard InChI is InChI=1S/C22H25N3O3/c1-4-15-13-18(27-3)14-19-20(15)22(26)28-21(23-19)16-6-5-7-17(12-16)25-10-8-24(2)9-11-25/h5-7,12-14H,4,8-11H2,1-3H3. The van der Waals surface area contributed by atoms with E-state index in [-0.39, 0.29) is 5.63 Å². The molecule has 3 aromatic rings. The lowest BCUT2D eigenvalue weighted by atomic mass is 10.1. The molecule has 6 heteroatoms. The number of aromatic nitrogens is 1. The topological polar surface area (TPSA) is 58.8 Å². The molecule has 0 unspecified atom stereocenters. The molecular formula is C22H25N3O3. The van der Waals surface area contributed by atoms with Crippen molar-refractivity contribution in [3.05, 3.63) is 52.4 Å². The van der Waals surface area contributed by atoms with Crippen LogP contribution in [-0.4, -0.2) is 50.2 Å². The number of rotatable bonds is 4. The number of piperazine rings is 1. The summed E-state index contributed by atoms with van der Waals surface area (Å²) in [4.78, 5) is 22.0. The Morgan fingerprint density at radius 3 is 2.64 bits per heavy atom. The first kappa shape index (κ1) is 18.5. The van der Waals surface area contributed by atoms with Crippen molar-refractivity contribution in [1.29, 1.82) is 0 Å². The molecule has 0 amide bonds.